The molecular weight excluding hydrogens is 396 g/mol. The van der Waals surface area contributed by atoms with Crippen molar-refractivity contribution in [2.45, 2.75) is 37.4 Å². The van der Waals surface area contributed by atoms with Gasteiger partial charge in [-0.15, -0.1) is 0 Å². The fraction of sp³-hybridized carbons (Fsp3) is 0.304. The summed E-state index contributed by atoms with van der Waals surface area (Å²) >= 11 is 0. The van der Waals surface area contributed by atoms with Crippen LogP contribution in [0.3, 0.4) is 0 Å². The quantitative estimate of drug-likeness (QED) is 0.723. The molecule has 1 aliphatic carbocycles. The van der Waals surface area contributed by atoms with Crippen LogP contribution in [0, 0.1) is 0 Å². The first-order chi connectivity index (χ1) is 14.9. The Hall–Kier alpha value is -3.52. The number of carbonyl (C=O) groups excluding carboxylic acids is 4. The van der Waals surface area contributed by atoms with Crippen molar-refractivity contribution in [2.24, 2.45) is 5.73 Å². The first kappa shape index (κ1) is 19.4. The minimum atomic E-state index is -0.971. The van der Waals surface area contributed by atoms with Crippen LogP contribution in [0.4, 0.5) is 5.69 Å². The van der Waals surface area contributed by atoms with Gasteiger partial charge < -0.3 is 10.6 Å². The van der Waals surface area contributed by atoms with Crippen LogP contribution in [0.5, 0.6) is 0 Å². The number of rotatable bonds is 3. The molecule has 8 heteroatoms. The number of nitrogens with one attached hydrogen (secondary N) is 1. The molecule has 158 valence electrons. The van der Waals surface area contributed by atoms with Crippen molar-refractivity contribution in [2.75, 3.05) is 11.9 Å². The van der Waals surface area contributed by atoms with E-state index in [2.05, 4.69) is 17.4 Å². The minimum absolute atomic E-state index is 0.0484. The van der Waals surface area contributed by atoms with Crippen LogP contribution in [-0.2, 0) is 16.0 Å². The SMILES string of the molecule is CN(c1ccc2c(c1)C(=O)N(C1CCC(=O)NC1=O)C2=O)[C@H]1c2ccccc2C[C@@H]1N. The van der Waals surface area contributed by atoms with Crippen LogP contribution in [0.15, 0.2) is 42.5 Å². The number of piperidine rings is 1. The molecule has 3 atom stereocenters. The topological polar surface area (TPSA) is 113 Å². The van der Waals surface area contributed by atoms with Crippen molar-refractivity contribution in [3.8, 4) is 0 Å². The normalized spacial score (nSPS) is 24.8. The Kier molecular flexibility index (Phi) is 4.40. The van der Waals surface area contributed by atoms with Crippen molar-refractivity contribution in [3.63, 3.8) is 0 Å². The van der Waals surface area contributed by atoms with E-state index in [4.69, 9.17) is 5.73 Å². The second-order valence-corrected chi connectivity index (χ2v) is 8.30. The number of nitrogens with two attached hydrogens (primary N) is 1. The number of hydrogen-bond acceptors (Lipinski definition) is 6. The van der Waals surface area contributed by atoms with E-state index in [1.165, 1.54) is 5.56 Å². The summed E-state index contributed by atoms with van der Waals surface area (Å²) in [5, 5.41) is 2.21. The zero-order valence-corrected chi connectivity index (χ0v) is 17.0. The molecule has 3 N–H and O–H groups in total. The number of imide groups is 2. The minimum Gasteiger partial charge on any atom is -0.366 e. The summed E-state index contributed by atoms with van der Waals surface area (Å²) in [6, 6.07) is 12.1. The molecule has 2 heterocycles. The second-order valence-electron chi connectivity index (χ2n) is 8.30. The molecule has 1 saturated heterocycles. The number of nitrogens with zero attached hydrogens (tertiary/aromatic N) is 2. The van der Waals surface area contributed by atoms with E-state index < -0.39 is 29.7 Å². The van der Waals surface area contributed by atoms with Crippen molar-refractivity contribution in [3.05, 3.63) is 64.7 Å². The summed E-state index contributed by atoms with van der Waals surface area (Å²) in [6.45, 7) is 0. The maximum Gasteiger partial charge on any atom is 0.262 e. The summed E-state index contributed by atoms with van der Waals surface area (Å²) < 4.78 is 0. The largest absolute Gasteiger partial charge is 0.366 e. The van der Waals surface area contributed by atoms with Gasteiger partial charge in [0, 0.05) is 25.2 Å². The lowest BCUT2D eigenvalue weighted by molar-refractivity contribution is -0.136. The summed E-state index contributed by atoms with van der Waals surface area (Å²) in [5.74, 6) is -2.03. The number of hydrogen-bond donors (Lipinski definition) is 2. The van der Waals surface area contributed by atoms with E-state index >= 15 is 0 Å². The van der Waals surface area contributed by atoms with Crippen LogP contribution in [-0.4, -0.2) is 47.7 Å². The number of carbonyl (C=O) groups is 4. The highest BCUT2D eigenvalue weighted by Crippen LogP contribution is 2.38. The Morgan fingerprint density at radius 2 is 1.77 bits per heavy atom. The molecule has 1 fully saturated rings. The van der Waals surface area contributed by atoms with Crippen LogP contribution in [0.1, 0.15) is 50.7 Å². The first-order valence-corrected chi connectivity index (χ1v) is 10.3. The standard InChI is InChI=1S/C23H22N4O4/c1-26(20-14-5-3-2-4-12(14)10-17(20)24)13-6-7-15-16(11-13)23(31)27(22(15)30)18-8-9-19(28)25-21(18)29/h2-7,11,17-18,20H,8-10,24H2,1H3,(H,25,28,29)/t17-,18?,20-/m0/s1. The molecule has 5 rings (SSSR count). The van der Waals surface area contributed by atoms with Crippen LogP contribution in [0.2, 0.25) is 0 Å². The zero-order chi connectivity index (χ0) is 21.9. The zero-order valence-electron chi connectivity index (χ0n) is 17.0. The van der Waals surface area contributed by atoms with Gasteiger partial charge in [-0.3, -0.25) is 29.4 Å². The molecule has 1 unspecified atom stereocenters. The molecule has 31 heavy (non-hydrogen) atoms. The van der Waals surface area contributed by atoms with Gasteiger partial charge in [0.25, 0.3) is 11.8 Å². The third kappa shape index (κ3) is 2.94. The molecule has 0 bridgehead atoms. The average molecular weight is 418 g/mol. The lowest BCUT2D eigenvalue weighted by Gasteiger charge is -2.31. The lowest BCUT2D eigenvalue weighted by atomic mass is 10.0. The van der Waals surface area contributed by atoms with Crippen LogP contribution in [0.25, 0.3) is 0 Å². The Morgan fingerprint density at radius 1 is 1.03 bits per heavy atom. The van der Waals surface area contributed by atoms with Crippen molar-refractivity contribution >= 4 is 29.3 Å². The van der Waals surface area contributed by atoms with Crippen LogP contribution >= 0.6 is 0 Å². The van der Waals surface area contributed by atoms with Crippen molar-refractivity contribution < 1.29 is 19.2 Å². The fourth-order valence-corrected chi connectivity index (χ4v) is 4.94. The molecule has 0 radical (unpaired) electrons. The number of amides is 4. The van der Waals surface area contributed by atoms with Crippen molar-refractivity contribution in [1.82, 2.24) is 10.2 Å². The van der Waals surface area contributed by atoms with Gasteiger partial charge in [0.1, 0.15) is 6.04 Å². The van der Waals surface area contributed by atoms with E-state index in [9.17, 15) is 19.2 Å². The molecule has 2 aliphatic heterocycles. The first-order valence-electron chi connectivity index (χ1n) is 10.3. The molecule has 3 aliphatic rings. The smallest absolute Gasteiger partial charge is 0.262 e. The number of likely N-dealkylation sites (N-methyl/N-ethyl adjacent to an activating group) is 1. The molecule has 4 amide bonds. The number of fused-ring (bicyclic) bond motifs is 2. The highest BCUT2D eigenvalue weighted by molar-refractivity contribution is 6.23. The van der Waals surface area contributed by atoms with E-state index in [0.717, 1.165) is 22.6 Å². The molecule has 0 aromatic heterocycles. The fourth-order valence-electron chi connectivity index (χ4n) is 4.94. The predicted octanol–water partition coefficient (Wildman–Crippen LogP) is 1.15. The van der Waals surface area contributed by atoms with E-state index in [1.54, 1.807) is 18.2 Å². The summed E-state index contributed by atoms with van der Waals surface area (Å²) in [6.07, 6.45) is 1.00. The van der Waals surface area contributed by atoms with Gasteiger partial charge in [-0.2, -0.15) is 0 Å². The van der Waals surface area contributed by atoms with Gasteiger partial charge in [-0.25, -0.2) is 0 Å². The highest BCUT2D eigenvalue weighted by Gasteiger charge is 2.45. The predicted molar refractivity (Wildman–Crippen MR) is 112 cm³/mol. The van der Waals surface area contributed by atoms with Gasteiger partial charge in [-0.05, 0) is 42.2 Å². The molecule has 8 nitrogen and oxygen atoms in total. The van der Waals surface area contributed by atoms with E-state index in [0.29, 0.717) is 0 Å². The monoisotopic (exact) mass is 418 g/mol. The molecule has 2 aromatic rings. The average Bonchev–Trinajstić information content (AvgIpc) is 3.21. The Labute approximate surface area is 179 Å². The van der Waals surface area contributed by atoms with Crippen molar-refractivity contribution in [1.29, 1.82) is 0 Å². The van der Waals surface area contributed by atoms with Gasteiger partial charge in [0.15, 0.2) is 0 Å². The third-order valence-electron chi connectivity index (χ3n) is 6.48. The molecule has 2 aromatic carbocycles. The molecule has 0 spiro atoms. The summed E-state index contributed by atoms with van der Waals surface area (Å²) in [7, 11) is 1.92. The highest BCUT2D eigenvalue weighted by atomic mass is 16.2. The third-order valence-corrected chi connectivity index (χ3v) is 6.48. The Bertz CT molecular complexity index is 1140. The van der Waals surface area contributed by atoms with Gasteiger partial charge in [0.05, 0.1) is 17.2 Å². The molecular formula is C23H22N4O4. The van der Waals surface area contributed by atoms with E-state index in [-0.39, 0.29) is 36.1 Å². The summed E-state index contributed by atoms with van der Waals surface area (Å²) in [5.41, 5.74) is 10.1. The number of benzene rings is 2. The number of anilines is 1. The maximum absolute atomic E-state index is 13.1. The van der Waals surface area contributed by atoms with E-state index in [1.807, 2.05) is 24.1 Å². The van der Waals surface area contributed by atoms with Crippen LogP contribution < -0.4 is 16.0 Å². The Morgan fingerprint density at radius 3 is 2.55 bits per heavy atom. The van der Waals surface area contributed by atoms with Gasteiger partial charge in [-0.1, -0.05) is 24.3 Å². The lowest BCUT2D eigenvalue weighted by Crippen LogP contribution is -2.54. The Balaban J connectivity index is 1.46. The van der Waals surface area contributed by atoms with Gasteiger partial charge in [0.2, 0.25) is 11.8 Å². The second kappa shape index (κ2) is 7.02. The van der Waals surface area contributed by atoms with Gasteiger partial charge >= 0.3 is 0 Å². The summed E-state index contributed by atoms with van der Waals surface area (Å²) in [4.78, 5) is 52.7. The molecule has 0 saturated carbocycles. The maximum atomic E-state index is 13.1.